The van der Waals surface area contributed by atoms with Gasteiger partial charge >= 0.3 is 6.18 Å². The molecule has 108 valence electrons. The fourth-order valence-electron chi connectivity index (χ4n) is 2.37. The Labute approximate surface area is 113 Å². The Balaban J connectivity index is 2.52. The smallest absolute Gasteiger partial charge is 0.317 e. The molecule has 0 aliphatic heterocycles. The number of alkyl halides is 3. The second kappa shape index (κ2) is 6.94. The minimum absolute atomic E-state index is 0.101. The number of nitrogens with one attached hydrogen (secondary N) is 1. The third-order valence-corrected chi connectivity index (χ3v) is 3.18. The maximum absolute atomic E-state index is 12.1. The van der Waals surface area contributed by atoms with Crippen LogP contribution in [0.1, 0.15) is 36.0 Å². The Morgan fingerprint density at radius 2 is 1.68 bits per heavy atom. The highest BCUT2D eigenvalue weighted by Gasteiger charge is 2.26. The molecule has 1 N–H and O–H groups in total. The molecule has 0 aliphatic carbocycles. The van der Waals surface area contributed by atoms with Crippen LogP contribution in [0.25, 0.3) is 0 Å². The van der Waals surface area contributed by atoms with Crippen molar-refractivity contribution in [2.75, 3.05) is 7.05 Å². The van der Waals surface area contributed by atoms with Gasteiger partial charge in [-0.15, -0.1) is 0 Å². The van der Waals surface area contributed by atoms with E-state index in [9.17, 15) is 13.2 Å². The van der Waals surface area contributed by atoms with Gasteiger partial charge in [-0.1, -0.05) is 29.3 Å². The lowest BCUT2D eigenvalue weighted by atomic mass is 9.98. The number of halogens is 3. The molecule has 0 aliphatic rings. The van der Waals surface area contributed by atoms with Gasteiger partial charge in [0.2, 0.25) is 0 Å². The third kappa shape index (κ3) is 6.62. The van der Waals surface area contributed by atoms with Gasteiger partial charge in [0.05, 0.1) is 0 Å². The lowest BCUT2D eigenvalue weighted by Gasteiger charge is -2.17. The van der Waals surface area contributed by atoms with Crippen LogP contribution >= 0.6 is 0 Å². The zero-order chi connectivity index (χ0) is 14.5. The van der Waals surface area contributed by atoms with Crippen LogP contribution in [0.4, 0.5) is 13.2 Å². The predicted octanol–water partition coefficient (Wildman–Crippen LogP) is 4.17. The molecule has 1 rings (SSSR count). The average Bonchev–Trinajstić information content (AvgIpc) is 2.24. The minimum atomic E-state index is -4.04. The summed E-state index contributed by atoms with van der Waals surface area (Å²) in [5.41, 5.74) is 3.57. The summed E-state index contributed by atoms with van der Waals surface area (Å²) in [4.78, 5) is 0. The van der Waals surface area contributed by atoms with Gasteiger partial charge in [0, 0.05) is 12.5 Å². The molecular weight excluding hydrogens is 251 g/mol. The van der Waals surface area contributed by atoms with E-state index in [0.717, 1.165) is 6.42 Å². The Hall–Kier alpha value is -1.03. The molecule has 0 radical (unpaired) electrons. The number of hydrogen-bond acceptors (Lipinski definition) is 1. The Bertz CT molecular complexity index is 379. The van der Waals surface area contributed by atoms with Gasteiger partial charge in [-0.2, -0.15) is 13.2 Å². The van der Waals surface area contributed by atoms with Crippen molar-refractivity contribution < 1.29 is 13.2 Å². The summed E-state index contributed by atoms with van der Waals surface area (Å²) in [6, 6.07) is 6.40. The molecule has 0 aromatic heterocycles. The highest BCUT2D eigenvalue weighted by molar-refractivity contribution is 5.29. The number of hydrogen-bond donors (Lipinski definition) is 1. The molecule has 1 nitrogen and oxygen atoms in total. The van der Waals surface area contributed by atoms with Gasteiger partial charge < -0.3 is 5.32 Å². The van der Waals surface area contributed by atoms with Crippen LogP contribution in [0, 0.1) is 13.8 Å². The summed E-state index contributed by atoms with van der Waals surface area (Å²) in [6.07, 6.45) is -3.24. The molecule has 1 unspecified atom stereocenters. The molecule has 1 aromatic rings. The van der Waals surface area contributed by atoms with Gasteiger partial charge in [0.1, 0.15) is 0 Å². The highest BCUT2D eigenvalue weighted by Crippen LogP contribution is 2.23. The largest absolute Gasteiger partial charge is 0.389 e. The molecule has 0 heterocycles. The summed E-state index contributed by atoms with van der Waals surface area (Å²) in [7, 11) is 1.81. The molecule has 0 fully saturated rings. The Morgan fingerprint density at radius 1 is 1.11 bits per heavy atom. The molecule has 4 heteroatoms. The SMILES string of the molecule is CNC(CCCC(F)(F)F)Cc1cc(C)cc(C)c1. The van der Waals surface area contributed by atoms with Crippen molar-refractivity contribution in [3.63, 3.8) is 0 Å². The summed E-state index contributed by atoms with van der Waals surface area (Å²) in [5.74, 6) is 0. The standard InChI is InChI=1S/C15H22F3N/c1-11-7-12(2)9-13(8-11)10-14(19-3)5-4-6-15(16,17)18/h7-9,14,19H,4-6,10H2,1-3H3. The van der Waals surface area contributed by atoms with Crippen LogP contribution < -0.4 is 5.32 Å². The zero-order valence-corrected chi connectivity index (χ0v) is 11.8. The monoisotopic (exact) mass is 273 g/mol. The van der Waals surface area contributed by atoms with Crippen LogP contribution in [0.15, 0.2) is 18.2 Å². The topological polar surface area (TPSA) is 12.0 Å². The van der Waals surface area contributed by atoms with Crippen molar-refractivity contribution in [2.24, 2.45) is 0 Å². The van der Waals surface area contributed by atoms with E-state index in [0.29, 0.717) is 6.42 Å². The molecule has 0 saturated heterocycles. The van der Waals surface area contributed by atoms with E-state index in [1.54, 1.807) is 7.05 Å². The second-order valence-electron chi connectivity index (χ2n) is 5.19. The molecular formula is C15H22F3N. The zero-order valence-electron chi connectivity index (χ0n) is 11.8. The maximum atomic E-state index is 12.1. The first-order valence-electron chi connectivity index (χ1n) is 6.61. The van der Waals surface area contributed by atoms with Gasteiger partial charge in [-0.25, -0.2) is 0 Å². The summed E-state index contributed by atoms with van der Waals surface area (Å²) < 4.78 is 36.4. The number of benzene rings is 1. The fourth-order valence-corrected chi connectivity index (χ4v) is 2.37. The van der Waals surface area contributed by atoms with E-state index in [1.165, 1.54) is 16.7 Å². The van der Waals surface area contributed by atoms with E-state index in [4.69, 9.17) is 0 Å². The van der Waals surface area contributed by atoms with Crippen molar-refractivity contribution in [1.82, 2.24) is 5.32 Å². The van der Waals surface area contributed by atoms with Gasteiger partial charge in [0.15, 0.2) is 0 Å². The van der Waals surface area contributed by atoms with Crippen LogP contribution in [-0.2, 0) is 6.42 Å². The Kier molecular flexibility index (Phi) is 5.85. The van der Waals surface area contributed by atoms with Crippen molar-refractivity contribution in [1.29, 1.82) is 0 Å². The summed E-state index contributed by atoms with van der Waals surface area (Å²) >= 11 is 0. The lowest BCUT2D eigenvalue weighted by Crippen LogP contribution is -2.28. The first-order chi connectivity index (χ1) is 8.80. The number of aryl methyl sites for hydroxylation is 2. The van der Waals surface area contributed by atoms with E-state index in [1.807, 2.05) is 13.8 Å². The van der Waals surface area contributed by atoms with Crippen molar-refractivity contribution in [3.05, 3.63) is 34.9 Å². The van der Waals surface area contributed by atoms with Crippen LogP contribution in [0.2, 0.25) is 0 Å². The molecule has 0 bridgehead atoms. The minimum Gasteiger partial charge on any atom is -0.317 e. The van der Waals surface area contributed by atoms with Crippen molar-refractivity contribution in [3.8, 4) is 0 Å². The van der Waals surface area contributed by atoms with E-state index in [2.05, 4.69) is 23.5 Å². The quantitative estimate of drug-likeness (QED) is 0.820. The van der Waals surface area contributed by atoms with Gasteiger partial charge in [0.25, 0.3) is 0 Å². The molecule has 1 atom stereocenters. The van der Waals surface area contributed by atoms with E-state index < -0.39 is 12.6 Å². The van der Waals surface area contributed by atoms with Crippen molar-refractivity contribution >= 4 is 0 Å². The predicted molar refractivity (Wildman–Crippen MR) is 72.4 cm³/mol. The third-order valence-electron chi connectivity index (χ3n) is 3.18. The fraction of sp³-hybridized carbons (Fsp3) is 0.600. The Morgan fingerprint density at radius 3 is 2.16 bits per heavy atom. The van der Waals surface area contributed by atoms with Gasteiger partial charge in [-0.3, -0.25) is 0 Å². The van der Waals surface area contributed by atoms with E-state index in [-0.39, 0.29) is 12.5 Å². The van der Waals surface area contributed by atoms with E-state index >= 15 is 0 Å². The van der Waals surface area contributed by atoms with Gasteiger partial charge in [-0.05, 0) is 45.7 Å². The first-order valence-corrected chi connectivity index (χ1v) is 6.61. The van der Waals surface area contributed by atoms with Crippen molar-refractivity contribution in [2.45, 2.75) is 51.7 Å². The van der Waals surface area contributed by atoms with Crippen LogP contribution in [0.3, 0.4) is 0 Å². The molecule has 1 aromatic carbocycles. The summed E-state index contributed by atoms with van der Waals surface area (Å²) in [6.45, 7) is 4.07. The highest BCUT2D eigenvalue weighted by atomic mass is 19.4. The molecule has 0 spiro atoms. The lowest BCUT2D eigenvalue weighted by molar-refractivity contribution is -0.135. The average molecular weight is 273 g/mol. The number of likely N-dealkylation sites (N-methyl/N-ethyl adjacent to an activating group) is 1. The van der Waals surface area contributed by atoms with Crippen LogP contribution in [0.5, 0.6) is 0 Å². The normalized spacial score (nSPS) is 13.6. The second-order valence-corrected chi connectivity index (χ2v) is 5.19. The summed E-state index contributed by atoms with van der Waals surface area (Å²) in [5, 5.41) is 3.11. The first kappa shape index (κ1) is 16.0. The maximum Gasteiger partial charge on any atom is 0.389 e. The number of rotatable bonds is 6. The van der Waals surface area contributed by atoms with Crippen LogP contribution in [-0.4, -0.2) is 19.3 Å². The molecule has 0 saturated carbocycles. The molecule has 0 amide bonds. The molecule has 19 heavy (non-hydrogen) atoms.